The summed E-state index contributed by atoms with van der Waals surface area (Å²) < 4.78 is 16.1. The van der Waals surface area contributed by atoms with Gasteiger partial charge in [0.15, 0.2) is 5.65 Å². The van der Waals surface area contributed by atoms with Gasteiger partial charge in [-0.15, -0.1) is 9.78 Å². The van der Waals surface area contributed by atoms with Crippen molar-refractivity contribution in [3.8, 4) is 5.95 Å². The van der Waals surface area contributed by atoms with Crippen molar-refractivity contribution in [3.05, 3.63) is 81.9 Å². The molecule has 0 saturated carbocycles. The normalized spacial score (nSPS) is 14.7. The molecule has 32 heavy (non-hydrogen) atoms. The van der Waals surface area contributed by atoms with E-state index in [1.54, 1.807) is 39.9 Å². The van der Waals surface area contributed by atoms with Crippen LogP contribution in [0.5, 0.6) is 0 Å². The van der Waals surface area contributed by atoms with Gasteiger partial charge in [0, 0.05) is 43.3 Å². The number of rotatable bonds is 3. The first kappa shape index (κ1) is 20.0. The lowest BCUT2D eigenvalue weighted by atomic mass is 9.90. The van der Waals surface area contributed by atoms with Crippen molar-refractivity contribution in [2.45, 2.75) is 32.6 Å². The maximum Gasteiger partial charge on any atom is 0.358 e. The van der Waals surface area contributed by atoms with Crippen LogP contribution in [0, 0.1) is 5.82 Å². The predicted octanol–water partition coefficient (Wildman–Crippen LogP) is 2.65. The van der Waals surface area contributed by atoms with E-state index in [1.165, 1.54) is 23.7 Å². The first-order chi connectivity index (χ1) is 15.3. The number of anilines is 1. The van der Waals surface area contributed by atoms with Gasteiger partial charge < -0.3 is 4.90 Å². The lowest BCUT2D eigenvalue weighted by Crippen LogP contribution is -2.32. The summed E-state index contributed by atoms with van der Waals surface area (Å²) in [6.07, 6.45) is 3.50. The number of hydrogen-bond acceptors (Lipinski definition) is 5. The molecule has 0 saturated heterocycles. The highest BCUT2D eigenvalue weighted by atomic mass is 19.1. The van der Waals surface area contributed by atoms with Gasteiger partial charge in [-0.05, 0) is 29.8 Å². The van der Waals surface area contributed by atoms with Gasteiger partial charge in [0.05, 0.1) is 11.4 Å². The Kier molecular flexibility index (Phi) is 4.44. The molecule has 1 aliphatic heterocycles. The van der Waals surface area contributed by atoms with Crippen LogP contribution in [0.3, 0.4) is 0 Å². The maximum absolute atomic E-state index is 13.5. The summed E-state index contributed by atoms with van der Waals surface area (Å²) in [4.78, 5) is 36.0. The molecule has 1 amide bonds. The summed E-state index contributed by atoms with van der Waals surface area (Å²) in [7, 11) is 0. The Hall–Kier alpha value is -3.88. The van der Waals surface area contributed by atoms with Crippen molar-refractivity contribution in [2.24, 2.45) is 0 Å². The molecular weight excluding hydrogens is 411 g/mol. The fraction of sp³-hybridized carbons (Fsp3) is 0.261. The molecule has 0 fully saturated rings. The van der Waals surface area contributed by atoms with Crippen LogP contribution in [-0.4, -0.2) is 36.6 Å². The largest absolute Gasteiger partial charge is 0.358 e. The summed E-state index contributed by atoms with van der Waals surface area (Å²) in [6, 6.07) is 9.76. The molecule has 0 N–H and O–H groups in total. The Balaban J connectivity index is 1.82. The molecule has 162 valence electrons. The van der Waals surface area contributed by atoms with Crippen molar-refractivity contribution < 1.29 is 9.18 Å². The van der Waals surface area contributed by atoms with Crippen molar-refractivity contribution in [1.82, 2.24) is 24.1 Å². The zero-order valence-electron chi connectivity index (χ0n) is 17.9. The Morgan fingerprint density at radius 3 is 2.50 bits per heavy atom. The number of hydrogen-bond donors (Lipinski definition) is 0. The van der Waals surface area contributed by atoms with Crippen LogP contribution in [-0.2, 0) is 16.6 Å². The third-order valence-corrected chi connectivity index (χ3v) is 5.76. The SMILES string of the molecule is CC(=O)N1CC(C)(C)c2c1cc(Cc1ccc(F)cc1)c1nn(-c3ncccn3)c(=O)n21. The van der Waals surface area contributed by atoms with E-state index in [4.69, 9.17) is 0 Å². The summed E-state index contributed by atoms with van der Waals surface area (Å²) in [5.41, 5.74) is 2.60. The Morgan fingerprint density at radius 2 is 1.84 bits per heavy atom. The second-order valence-corrected chi connectivity index (χ2v) is 8.60. The van der Waals surface area contributed by atoms with Crippen LogP contribution in [0.4, 0.5) is 10.1 Å². The lowest BCUT2D eigenvalue weighted by Gasteiger charge is -2.19. The van der Waals surface area contributed by atoms with Gasteiger partial charge in [-0.3, -0.25) is 4.79 Å². The number of nitrogens with zero attached hydrogens (tertiary/aromatic N) is 6. The van der Waals surface area contributed by atoms with Crippen LogP contribution >= 0.6 is 0 Å². The molecule has 0 unspecified atom stereocenters. The number of aromatic nitrogens is 5. The maximum atomic E-state index is 13.5. The molecule has 4 aromatic rings. The van der Waals surface area contributed by atoms with Gasteiger partial charge in [0.25, 0.3) is 5.95 Å². The molecule has 0 aliphatic carbocycles. The highest BCUT2D eigenvalue weighted by Gasteiger charge is 2.41. The van der Waals surface area contributed by atoms with Gasteiger partial charge in [-0.1, -0.05) is 26.0 Å². The smallest absolute Gasteiger partial charge is 0.310 e. The van der Waals surface area contributed by atoms with E-state index in [2.05, 4.69) is 15.1 Å². The van der Waals surface area contributed by atoms with E-state index >= 15 is 0 Å². The van der Waals surface area contributed by atoms with Crippen LogP contribution in [0.25, 0.3) is 11.6 Å². The lowest BCUT2D eigenvalue weighted by molar-refractivity contribution is -0.116. The number of pyridine rings is 1. The molecule has 1 aromatic carbocycles. The first-order valence-electron chi connectivity index (χ1n) is 10.2. The molecule has 3 aromatic heterocycles. The first-order valence-corrected chi connectivity index (χ1v) is 10.2. The van der Waals surface area contributed by atoms with Crippen LogP contribution in [0.15, 0.2) is 53.6 Å². The summed E-state index contributed by atoms with van der Waals surface area (Å²) in [5, 5.41) is 4.57. The fourth-order valence-corrected chi connectivity index (χ4v) is 4.36. The van der Waals surface area contributed by atoms with Crippen LogP contribution in [0.2, 0.25) is 0 Å². The van der Waals surface area contributed by atoms with E-state index in [-0.39, 0.29) is 17.7 Å². The molecule has 1 aliphatic rings. The van der Waals surface area contributed by atoms with Crippen molar-refractivity contribution >= 4 is 17.2 Å². The average molecular weight is 432 g/mol. The summed E-state index contributed by atoms with van der Waals surface area (Å²) >= 11 is 0. The van der Waals surface area contributed by atoms with Crippen molar-refractivity contribution in [3.63, 3.8) is 0 Å². The molecule has 9 heteroatoms. The summed E-state index contributed by atoms with van der Waals surface area (Å²) in [5.74, 6) is -0.253. The third kappa shape index (κ3) is 3.08. The Morgan fingerprint density at radius 1 is 1.16 bits per heavy atom. The number of carbonyl (C=O) groups is 1. The van der Waals surface area contributed by atoms with Crippen LogP contribution in [0.1, 0.15) is 37.6 Å². The van der Waals surface area contributed by atoms with Crippen LogP contribution < -0.4 is 10.6 Å². The molecule has 4 heterocycles. The fourth-order valence-electron chi connectivity index (χ4n) is 4.36. The number of benzene rings is 1. The molecular formula is C23H21FN6O2. The molecule has 5 rings (SSSR count). The van der Waals surface area contributed by atoms with Gasteiger partial charge >= 0.3 is 5.69 Å². The third-order valence-electron chi connectivity index (χ3n) is 5.76. The van der Waals surface area contributed by atoms with E-state index in [1.807, 2.05) is 19.9 Å². The quantitative estimate of drug-likeness (QED) is 0.497. The zero-order chi connectivity index (χ0) is 22.6. The minimum Gasteiger partial charge on any atom is -0.310 e. The monoisotopic (exact) mass is 432 g/mol. The molecule has 0 spiro atoms. The van der Waals surface area contributed by atoms with Gasteiger partial charge in [0.2, 0.25) is 5.91 Å². The molecule has 0 atom stereocenters. The molecule has 0 radical (unpaired) electrons. The van der Waals surface area contributed by atoms with Gasteiger partial charge in [0.1, 0.15) is 5.82 Å². The number of amides is 1. The molecule has 8 nitrogen and oxygen atoms in total. The second-order valence-electron chi connectivity index (χ2n) is 8.60. The molecule has 0 bridgehead atoms. The minimum absolute atomic E-state index is 0.101. The zero-order valence-corrected chi connectivity index (χ0v) is 17.9. The number of halogens is 1. The minimum atomic E-state index is -0.469. The average Bonchev–Trinajstić information content (AvgIpc) is 3.24. The van der Waals surface area contributed by atoms with Gasteiger partial charge in [-0.25, -0.2) is 23.6 Å². The highest BCUT2D eigenvalue weighted by Crippen LogP contribution is 2.41. The number of carbonyl (C=O) groups excluding carboxylic acids is 1. The Bertz CT molecular complexity index is 1410. The van der Waals surface area contributed by atoms with E-state index in [0.717, 1.165) is 16.8 Å². The second kappa shape index (κ2) is 7.08. The topological polar surface area (TPSA) is 85.4 Å². The highest BCUT2D eigenvalue weighted by molar-refractivity contribution is 5.95. The standard InChI is InChI=1S/C23H21FN6O2/c1-14(31)28-13-23(2,3)19-18(28)12-16(11-15-5-7-17(24)8-6-15)20-27-30(22(32)29(19)20)21-25-9-4-10-26-21/h4-10,12H,11,13H2,1-3H3. The van der Waals surface area contributed by atoms with E-state index < -0.39 is 11.1 Å². The van der Waals surface area contributed by atoms with E-state index in [9.17, 15) is 14.0 Å². The Labute approximate surface area is 183 Å². The van der Waals surface area contributed by atoms with E-state index in [0.29, 0.717) is 24.3 Å². The van der Waals surface area contributed by atoms with Crippen molar-refractivity contribution in [1.29, 1.82) is 0 Å². The van der Waals surface area contributed by atoms with Gasteiger partial charge in [-0.2, -0.15) is 0 Å². The predicted molar refractivity (Wildman–Crippen MR) is 117 cm³/mol. The number of fused-ring (bicyclic) bond motifs is 3. The van der Waals surface area contributed by atoms with Crippen molar-refractivity contribution in [2.75, 3.05) is 11.4 Å². The summed E-state index contributed by atoms with van der Waals surface area (Å²) in [6.45, 7) is 5.96.